The molecule has 1 amide bonds. The van der Waals surface area contributed by atoms with Crippen molar-refractivity contribution in [2.24, 2.45) is 0 Å². The number of benzene rings is 2. The van der Waals surface area contributed by atoms with Crippen LogP contribution < -0.4 is 20.2 Å². The van der Waals surface area contributed by atoms with Crippen LogP contribution in [-0.4, -0.2) is 21.5 Å². The first-order valence-electron chi connectivity index (χ1n) is 9.89. The largest absolute Gasteiger partial charge is 0.448 e. The second kappa shape index (κ2) is 6.92. The number of rotatable bonds is 3. The maximum absolute atomic E-state index is 12.6. The van der Waals surface area contributed by atoms with Crippen LogP contribution in [0.25, 0.3) is 10.9 Å². The molecule has 29 heavy (non-hydrogen) atoms. The minimum atomic E-state index is -0.540. The molecule has 1 N–H and O–H groups in total. The number of nitrogens with one attached hydrogen (secondary N) is 1. The molecule has 148 valence electrons. The Bertz CT molecular complexity index is 1150. The zero-order chi connectivity index (χ0) is 19.8. The fourth-order valence-electron chi connectivity index (χ4n) is 4.09. The van der Waals surface area contributed by atoms with Crippen LogP contribution in [0.3, 0.4) is 0 Å². The number of hydrogen-bond acceptors (Lipinski definition) is 5. The SMILES string of the molecule is O=C(Cn1ncc(=O)c2ccccc21)Nc1ccc2c(c1)OC1(CCCCC1)O2. The van der Waals surface area contributed by atoms with Gasteiger partial charge in [-0.05, 0) is 37.1 Å². The molecule has 1 aromatic heterocycles. The fourth-order valence-corrected chi connectivity index (χ4v) is 4.09. The second-order valence-corrected chi connectivity index (χ2v) is 7.57. The predicted octanol–water partition coefficient (Wildman–Crippen LogP) is 3.47. The summed E-state index contributed by atoms with van der Waals surface area (Å²) >= 11 is 0. The molecule has 0 bridgehead atoms. The maximum atomic E-state index is 12.6. The van der Waals surface area contributed by atoms with Crippen molar-refractivity contribution in [2.75, 3.05) is 5.32 Å². The van der Waals surface area contributed by atoms with Gasteiger partial charge >= 0.3 is 0 Å². The van der Waals surface area contributed by atoms with E-state index in [9.17, 15) is 9.59 Å². The van der Waals surface area contributed by atoms with Crippen LogP contribution in [0.15, 0.2) is 53.5 Å². The average molecular weight is 391 g/mol. The second-order valence-electron chi connectivity index (χ2n) is 7.57. The molecule has 1 fully saturated rings. The number of amides is 1. The first kappa shape index (κ1) is 17.7. The van der Waals surface area contributed by atoms with Gasteiger partial charge in [-0.15, -0.1) is 0 Å². The molecule has 5 rings (SSSR count). The Hall–Kier alpha value is -3.35. The highest BCUT2D eigenvalue weighted by molar-refractivity contribution is 5.92. The van der Waals surface area contributed by atoms with E-state index in [0.717, 1.165) is 31.4 Å². The van der Waals surface area contributed by atoms with Crippen molar-refractivity contribution in [2.45, 2.75) is 44.4 Å². The van der Waals surface area contributed by atoms with E-state index in [0.29, 0.717) is 22.3 Å². The van der Waals surface area contributed by atoms with E-state index in [-0.39, 0.29) is 17.9 Å². The highest BCUT2D eigenvalue weighted by atomic mass is 16.7. The van der Waals surface area contributed by atoms with E-state index in [1.807, 2.05) is 12.1 Å². The van der Waals surface area contributed by atoms with Crippen molar-refractivity contribution >= 4 is 22.5 Å². The zero-order valence-electron chi connectivity index (χ0n) is 15.9. The van der Waals surface area contributed by atoms with Crippen molar-refractivity contribution in [1.29, 1.82) is 0 Å². The predicted molar refractivity (Wildman–Crippen MR) is 108 cm³/mol. The van der Waals surface area contributed by atoms with E-state index in [1.54, 1.807) is 30.3 Å². The maximum Gasteiger partial charge on any atom is 0.251 e. The van der Waals surface area contributed by atoms with Crippen molar-refractivity contribution in [1.82, 2.24) is 9.78 Å². The Morgan fingerprint density at radius 1 is 1.07 bits per heavy atom. The third kappa shape index (κ3) is 3.33. The highest BCUT2D eigenvalue weighted by Gasteiger charge is 2.42. The summed E-state index contributed by atoms with van der Waals surface area (Å²) in [5.41, 5.74) is 1.10. The summed E-state index contributed by atoms with van der Waals surface area (Å²) in [6, 6.07) is 12.6. The lowest BCUT2D eigenvalue weighted by molar-refractivity contribution is -0.116. The molecule has 1 spiro atoms. The van der Waals surface area contributed by atoms with Crippen LogP contribution >= 0.6 is 0 Å². The number of nitrogens with zero attached hydrogens (tertiary/aromatic N) is 2. The molecular formula is C22H21N3O4. The molecular weight excluding hydrogens is 370 g/mol. The summed E-state index contributed by atoms with van der Waals surface area (Å²) in [5.74, 6) is 0.606. The van der Waals surface area contributed by atoms with Gasteiger partial charge in [-0.3, -0.25) is 14.3 Å². The summed E-state index contributed by atoms with van der Waals surface area (Å²) in [7, 11) is 0. The molecule has 3 aromatic rings. The Balaban J connectivity index is 1.32. The minimum Gasteiger partial charge on any atom is -0.448 e. The van der Waals surface area contributed by atoms with Crippen LogP contribution in [0.5, 0.6) is 11.5 Å². The summed E-state index contributed by atoms with van der Waals surface area (Å²) in [6.45, 7) is -0.000821. The zero-order valence-corrected chi connectivity index (χ0v) is 15.9. The van der Waals surface area contributed by atoms with E-state index < -0.39 is 5.79 Å². The molecule has 0 saturated heterocycles. The Kier molecular flexibility index (Phi) is 4.23. The van der Waals surface area contributed by atoms with Crippen LogP contribution in [0.4, 0.5) is 5.69 Å². The minimum absolute atomic E-state index is 0.000821. The first-order valence-corrected chi connectivity index (χ1v) is 9.89. The van der Waals surface area contributed by atoms with Gasteiger partial charge in [0.15, 0.2) is 11.5 Å². The number of para-hydroxylation sites is 1. The van der Waals surface area contributed by atoms with Crippen LogP contribution in [0.2, 0.25) is 0 Å². The quantitative estimate of drug-likeness (QED) is 0.739. The monoisotopic (exact) mass is 391 g/mol. The van der Waals surface area contributed by atoms with Crippen LogP contribution in [0, 0.1) is 0 Å². The number of ether oxygens (including phenoxy) is 2. The number of hydrogen-bond donors (Lipinski definition) is 1. The van der Waals surface area contributed by atoms with Crippen molar-refractivity contribution < 1.29 is 14.3 Å². The summed E-state index contributed by atoms with van der Waals surface area (Å²) < 4.78 is 13.7. The molecule has 7 heteroatoms. The van der Waals surface area contributed by atoms with E-state index in [1.165, 1.54) is 17.3 Å². The Morgan fingerprint density at radius 3 is 2.72 bits per heavy atom. The topological polar surface area (TPSA) is 82.5 Å². The van der Waals surface area contributed by atoms with Gasteiger partial charge in [0, 0.05) is 30.0 Å². The molecule has 0 unspecified atom stereocenters. The van der Waals surface area contributed by atoms with Crippen LogP contribution in [-0.2, 0) is 11.3 Å². The number of carbonyl (C=O) groups excluding carboxylic acids is 1. The van der Waals surface area contributed by atoms with Crippen molar-refractivity contribution in [3.63, 3.8) is 0 Å². The third-order valence-corrected chi connectivity index (χ3v) is 5.49. The highest BCUT2D eigenvalue weighted by Crippen LogP contribution is 2.46. The normalized spacial score (nSPS) is 16.8. The van der Waals surface area contributed by atoms with E-state index >= 15 is 0 Å². The van der Waals surface area contributed by atoms with Gasteiger partial charge in [0.2, 0.25) is 11.3 Å². The van der Waals surface area contributed by atoms with Gasteiger partial charge in [-0.25, -0.2) is 0 Å². The van der Waals surface area contributed by atoms with Gasteiger partial charge in [0.05, 0.1) is 11.7 Å². The average Bonchev–Trinajstić information content (AvgIpc) is 3.07. The number of fused-ring (bicyclic) bond motifs is 2. The van der Waals surface area contributed by atoms with Crippen LogP contribution in [0.1, 0.15) is 32.1 Å². The molecule has 2 aromatic carbocycles. The van der Waals surface area contributed by atoms with Gasteiger partial charge < -0.3 is 14.8 Å². The molecule has 1 aliphatic heterocycles. The smallest absolute Gasteiger partial charge is 0.251 e. The summed E-state index contributed by atoms with van der Waals surface area (Å²) in [5, 5.41) is 7.52. The van der Waals surface area contributed by atoms with Gasteiger partial charge in [0.25, 0.3) is 5.79 Å². The number of anilines is 1. The third-order valence-electron chi connectivity index (χ3n) is 5.49. The summed E-state index contributed by atoms with van der Waals surface area (Å²) in [4.78, 5) is 24.5. The van der Waals surface area contributed by atoms with Gasteiger partial charge in [0.1, 0.15) is 6.54 Å². The molecule has 2 heterocycles. The lowest BCUT2D eigenvalue weighted by Gasteiger charge is -2.31. The standard InChI is InChI=1S/C22H21N3O4/c26-18-13-23-25(17-7-3-2-6-16(17)18)14-21(27)24-15-8-9-19-20(12-15)29-22(28-19)10-4-1-5-11-22/h2-3,6-9,12-13H,1,4-5,10-11,14H2,(H,24,27). The molecule has 2 aliphatic rings. The molecule has 0 radical (unpaired) electrons. The van der Waals surface area contributed by atoms with Gasteiger partial charge in [-0.2, -0.15) is 5.10 Å². The Labute approximate surface area is 167 Å². The van der Waals surface area contributed by atoms with Crippen molar-refractivity contribution in [3.05, 3.63) is 58.9 Å². The first-order chi connectivity index (χ1) is 14.1. The number of carbonyl (C=O) groups is 1. The van der Waals surface area contributed by atoms with E-state index in [2.05, 4.69) is 10.4 Å². The van der Waals surface area contributed by atoms with Crippen molar-refractivity contribution in [3.8, 4) is 11.5 Å². The molecule has 1 aliphatic carbocycles. The number of aromatic nitrogens is 2. The molecule has 7 nitrogen and oxygen atoms in total. The molecule has 0 atom stereocenters. The van der Waals surface area contributed by atoms with E-state index in [4.69, 9.17) is 9.47 Å². The lowest BCUT2D eigenvalue weighted by atomic mass is 9.94. The fraction of sp³-hybridized carbons (Fsp3) is 0.318. The Morgan fingerprint density at radius 2 is 1.86 bits per heavy atom. The van der Waals surface area contributed by atoms with Gasteiger partial charge in [-0.1, -0.05) is 18.6 Å². The lowest BCUT2D eigenvalue weighted by Crippen LogP contribution is -2.40. The summed E-state index contributed by atoms with van der Waals surface area (Å²) in [6.07, 6.45) is 6.40. The molecule has 1 saturated carbocycles.